The van der Waals surface area contributed by atoms with Crippen LogP contribution in [-0.4, -0.2) is 176 Å². The van der Waals surface area contributed by atoms with Gasteiger partial charge in [0.05, 0.1) is 38.1 Å². The van der Waals surface area contributed by atoms with E-state index < -0.39 is 117 Å². The van der Waals surface area contributed by atoms with E-state index in [1.807, 2.05) is 0 Å². The molecule has 0 bridgehead atoms. The second-order valence-corrected chi connectivity index (χ2v) is 21.1. The van der Waals surface area contributed by atoms with Crippen LogP contribution in [0.5, 0.6) is 0 Å². The molecule has 0 amide bonds. The van der Waals surface area contributed by atoms with Crippen molar-refractivity contribution < 1.29 is 83.9 Å². The summed E-state index contributed by atoms with van der Waals surface area (Å²) in [6, 6.07) is 0. The first-order valence-electron chi connectivity index (χ1n) is 23.4. The molecule has 3 saturated carbocycles. The zero-order chi connectivity index (χ0) is 44.2. The summed E-state index contributed by atoms with van der Waals surface area (Å²) >= 11 is 0. The van der Waals surface area contributed by atoms with Gasteiger partial charge < -0.3 is 83.9 Å². The minimum atomic E-state index is -1.84. The van der Waals surface area contributed by atoms with Crippen LogP contribution in [-0.2, 0) is 37.9 Å². The van der Waals surface area contributed by atoms with Crippen molar-refractivity contribution in [1.29, 1.82) is 0 Å². The van der Waals surface area contributed by atoms with Gasteiger partial charge >= 0.3 is 0 Å². The fraction of sp³-hybridized carbons (Fsp3) is 0.956. The van der Waals surface area contributed by atoms with Gasteiger partial charge in [0.25, 0.3) is 0 Å². The van der Waals surface area contributed by atoms with E-state index in [-0.39, 0.29) is 16.9 Å². The van der Waals surface area contributed by atoms with Gasteiger partial charge in [0.2, 0.25) is 0 Å². The molecule has 0 aromatic rings. The summed E-state index contributed by atoms with van der Waals surface area (Å²) in [5.41, 5.74) is 1.45. The van der Waals surface area contributed by atoms with Crippen molar-refractivity contribution in [3.63, 3.8) is 0 Å². The van der Waals surface area contributed by atoms with Crippen molar-refractivity contribution in [2.75, 3.05) is 19.8 Å². The maximum Gasteiger partial charge on any atom is 0.187 e. The molecule has 17 heteroatoms. The predicted octanol–water partition coefficient (Wildman–Crippen LogP) is 0.214. The Hall–Kier alpha value is -0.940. The van der Waals surface area contributed by atoms with E-state index in [0.717, 1.165) is 51.6 Å². The third kappa shape index (κ3) is 7.49. The van der Waals surface area contributed by atoms with Crippen LogP contribution in [0.2, 0.25) is 0 Å². The molecule has 354 valence electrons. The molecular formula is C45H72O17. The van der Waals surface area contributed by atoms with Gasteiger partial charge in [0, 0.05) is 12.3 Å². The van der Waals surface area contributed by atoms with Crippen LogP contribution in [0.25, 0.3) is 0 Å². The van der Waals surface area contributed by atoms with Crippen LogP contribution in [0.15, 0.2) is 11.6 Å². The van der Waals surface area contributed by atoms with E-state index in [2.05, 4.69) is 33.8 Å². The van der Waals surface area contributed by atoms with Crippen LogP contribution in [0.1, 0.15) is 92.4 Å². The number of ether oxygens (including phenoxy) is 8. The number of rotatable bonds is 8. The second kappa shape index (κ2) is 17.3. The lowest BCUT2D eigenvalue weighted by atomic mass is 9.47. The molecule has 17 nitrogen and oxygen atoms in total. The monoisotopic (exact) mass is 884 g/mol. The summed E-state index contributed by atoms with van der Waals surface area (Å²) in [5.74, 6) is 2.52. The van der Waals surface area contributed by atoms with E-state index in [1.165, 1.54) is 12.5 Å². The summed E-state index contributed by atoms with van der Waals surface area (Å²) in [6.07, 6.45) is -12.4. The average molecular weight is 885 g/mol. The molecule has 62 heavy (non-hydrogen) atoms. The SMILES string of the molecule is C[C@@H]1CC[C@@]2(OC1)O[C@H]1C[C@H]3[C@@H]4CC=C5C[C@@H](O[C@@H]6O[C@H](CO)[C@@H](O)[C@H](O[C@@H]7O[C@H](CO)[C@H](O)[C@H](O)[C@H]7O)[C@H]6O[C@@H]6O[C@H](C)[C@H](O)[C@@H](O)[C@H]6O)CC[C@]5(C)[C@H]4CC[C@@]3(C)[C@H]1[C@@H]2C. The van der Waals surface area contributed by atoms with Crippen molar-refractivity contribution in [3.05, 3.63) is 11.6 Å². The Morgan fingerprint density at radius 1 is 0.677 bits per heavy atom. The Balaban J connectivity index is 0.940. The van der Waals surface area contributed by atoms with Gasteiger partial charge in [-0.15, -0.1) is 0 Å². The highest BCUT2D eigenvalue weighted by atomic mass is 16.8. The highest BCUT2D eigenvalue weighted by Crippen LogP contribution is 2.70. The summed E-state index contributed by atoms with van der Waals surface area (Å²) in [6.45, 7) is 10.4. The maximum absolute atomic E-state index is 11.6. The first-order valence-corrected chi connectivity index (χ1v) is 23.4. The normalized spacial score (nSPS) is 57.6. The number of aliphatic hydroxyl groups is 9. The molecule has 0 aromatic carbocycles. The molecule has 4 aliphatic carbocycles. The Morgan fingerprint density at radius 3 is 2.03 bits per heavy atom. The van der Waals surface area contributed by atoms with Gasteiger partial charge in [0.1, 0.15) is 67.1 Å². The molecule has 9 aliphatic rings. The Bertz CT molecular complexity index is 1610. The Labute approximate surface area is 363 Å². The minimum Gasteiger partial charge on any atom is -0.394 e. The van der Waals surface area contributed by atoms with Gasteiger partial charge in [-0.2, -0.15) is 0 Å². The van der Waals surface area contributed by atoms with E-state index in [4.69, 9.17) is 37.9 Å². The van der Waals surface area contributed by atoms with Crippen molar-refractivity contribution in [1.82, 2.24) is 0 Å². The summed E-state index contributed by atoms with van der Waals surface area (Å²) in [7, 11) is 0. The topological polar surface area (TPSA) is 256 Å². The lowest BCUT2D eigenvalue weighted by molar-refractivity contribution is -0.394. The van der Waals surface area contributed by atoms with E-state index in [0.29, 0.717) is 48.3 Å². The first kappa shape index (κ1) is 46.2. The summed E-state index contributed by atoms with van der Waals surface area (Å²) in [4.78, 5) is 0. The molecule has 5 saturated heterocycles. The van der Waals surface area contributed by atoms with Gasteiger partial charge in [-0.1, -0.05) is 39.3 Å². The molecule has 9 rings (SSSR count). The molecule has 0 unspecified atom stereocenters. The third-order valence-electron chi connectivity index (χ3n) is 17.7. The lowest BCUT2D eigenvalue weighted by Crippen LogP contribution is -2.67. The molecule has 1 spiro atoms. The van der Waals surface area contributed by atoms with Gasteiger partial charge in [-0.05, 0) is 98.7 Å². The number of aliphatic hydroxyl groups excluding tert-OH is 9. The zero-order valence-electron chi connectivity index (χ0n) is 36.6. The Morgan fingerprint density at radius 2 is 1.34 bits per heavy atom. The minimum absolute atomic E-state index is 0.0484. The lowest BCUT2D eigenvalue weighted by Gasteiger charge is -2.59. The van der Waals surface area contributed by atoms with Crippen LogP contribution in [0, 0.1) is 46.3 Å². The van der Waals surface area contributed by atoms with E-state index >= 15 is 0 Å². The number of fused-ring (bicyclic) bond motifs is 7. The molecule has 5 aliphatic heterocycles. The van der Waals surface area contributed by atoms with Crippen LogP contribution in [0.4, 0.5) is 0 Å². The van der Waals surface area contributed by atoms with Crippen LogP contribution >= 0.6 is 0 Å². The van der Waals surface area contributed by atoms with Crippen molar-refractivity contribution in [2.45, 2.75) is 203 Å². The smallest absolute Gasteiger partial charge is 0.187 e. The van der Waals surface area contributed by atoms with Crippen molar-refractivity contribution in [3.8, 4) is 0 Å². The second-order valence-electron chi connectivity index (χ2n) is 21.1. The van der Waals surface area contributed by atoms with E-state index in [1.54, 1.807) is 0 Å². The zero-order valence-corrected chi connectivity index (χ0v) is 36.6. The highest BCUT2D eigenvalue weighted by molar-refractivity contribution is 5.26. The highest BCUT2D eigenvalue weighted by Gasteiger charge is 2.69. The fourth-order valence-corrected chi connectivity index (χ4v) is 14.0. The molecule has 26 atom stereocenters. The fourth-order valence-electron chi connectivity index (χ4n) is 14.0. The Kier molecular flexibility index (Phi) is 12.9. The van der Waals surface area contributed by atoms with Gasteiger partial charge in [-0.3, -0.25) is 0 Å². The van der Waals surface area contributed by atoms with Crippen molar-refractivity contribution in [2.24, 2.45) is 46.3 Å². The molecule has 5 heterocycles. The maximum atomic E-state index is 11.6. The third-order valence-corrected chi connectivity index (χ3v) is 17.7. The predicted molar refractivity (Wildman–Crippen MR) is 214 cm³/mol. The van der Waals surface area contributed by atoms with E-state index in [9.17, 15) is 46.0 Å². The number of hydrogen-bond donors (Lipinski definition) is 9. The number of allylic oxidation sites excluding steroid dienone is 1. The van der Waals surface area contributed by atoms with Crippen LogP contribution < -0.4 is 0 Å². The standard InChI is InChI=1S/C45H72O17/c1-19-8-13-45(55-18-19)20(2)30-27(62-45)15-26-24-7-6-22-14-23(9-11-43(22,4)25(24)10-12-44(26,30)5)57-42-39(61-40-36(53)34(51)31(48)21(3)56-40)38(33(50)29(17-47)59-42)60-41-37(54)35(52)32(49)28(16-46)58-41/h6,19-21,23-42,46-54H,7-18H2,1-5H3/t19-,20+,21-,23+,24-,25+,26+,27+,28-,29-,30+,31+,32+,33-,34-,35+,36-,37-,38+,39-,40+,41+,42-,43+,44-,45-/m1/s1. The molecular weight excluding hydrogens is 812 g/mol. The quantitative estimate of drug-likeness (QED) is 0.148. The first-order chi connectivity index (χ1) is 29.4. The summed E-state index contributed by atoms with van der Waals surface area (Å²) in [5, 5.41) is 95.8. The molecule has 8 fully saturated rings. The molecule has 0 radical (unpaired) electrons. The van der Waals surface area contributed by atoms with Crippen LogP contribution in [0.3, 0.4) is 0 Å². The number of hydrogen-bond acceptors (Lipinski definition) is 17. The summed E-state index contributed by atoms with van der Waals surface area (Å²) < 4.78 is 50.3. The van der Waals surface area contributed by atoms with Crippen molar-refractivity contribution >= 4 is 0 Å². The van der Waals surface area contributed by atoms with Gasteiger partial charge in [-0.25, -0.2) is 0 Å². The molecule has 0 aromatic heterocycles. The molecule has 9 N–H and O–H groups in total. The largest absolute Gasteiger partial charge is 0.394 e. The van der Waals surface area contributed by atoms with Gasteiger partial charge in [0.15, 0.2) is 24.7 Å². The average Bonchev–Trinajstić information content (AvgIpc) is 3.70.